The highest BCUT2D eigenvalue weighted by atomic mass is 35.5. The van der Waals surface area contributed by atoms with E-state index in [1.165, 1.54) is 22.7 Å². The fourth-order valence-corrected chi connectivity index (χ4v) is 4.88. The van der Waals surface area contributed by atoms with Crippen LogP contribution in [0.2, 0.25) is 5.02 Å². The van der Waals surface area contributed by atoms with Gasteiger partial charge in [0.1, 0.15) is 11.2 Å². The number of aromatic nitrogens is 2. The monoisotopic (exact) mass is 407 g/mol. The second-order valence-corrected chi connectivity index (χ2v) is 8.17. The Hall–Kier alpha value is -1.66. The summed E-state index contributed by atoms with van der Waals surface area (Å²) in [7, 11) is 0. The number of thioether (sulfide) groups is 1. The fraction of sp³-hybridized carbons (Fsp3) is 0.450. The van der Waals surface area contributed by atoms with Crippen LogP contribution in [0, 0.1) is 19.7 Å². The van der Waals surface area contributed by atoms with Gasteiger partial charge in [-0.2, -0.15) is 0 Å². The van der Waals surface area contributed by atoms with Crippen LogP contribution in [-0.2, 0) is 11.2 Å². The zero-order valence-electron chi connectivity index (χ0n) is 15.8. The highest BCUT2D eigenvalue weighted by Gasteiger charge is 2.38. The Morgan fingerprint density at radius 2 is 1.96 bits per heavy atom. The van der Waals surface area contributed by atoms with Gasteiger partial charge in [-0.05, 0) is 44.4 Å². The van der Waals surface area contributed by atoms with E-state index in [4.69, 9.17) is 11.6 Å². The zero-order valence-corrected chi connectivity index (χ0v) is 17.3. The minimum atomic E-state index is -0.559. The van der Waals surface area contributed by atoms with E-state index in [0.29, 0.717) is 16.5 Å². The van der Waals surface area contributed by atoms with Crippen LogP contribution in [0.1, 0.15) is 54.1 Å². The molecule has 0 N–H and O–H groups in total. The van der Waals surface area contributed by atoms with E-state index in [0.717, 1.165) is 42.6 Å². The van der Waals surface area contributed by atoms with Crippen LogP contribution in [0.15, 0.2) is 18.2 Å². The number of carbonyl (C=O) groups is 1. The lowest BCUT2D eigenvalue weighted by atomic mass is 10.0. The Kier molecular flexibility index (Phi) is 6.37. The van der Waals surface area contributed by atoms with Crippen molar-refractivity contribution in [3.63, 3.8) is 0 Å². The summed E-state index contributed by atoms with van der Waals surface area (Å²) in [6.45, 7) is 6.06. The van der Waals surface area contributed by atoms with Crippen molar-refractivity contribution in [1.29, 1.82) is 0 Å². The molecule has 2 aromatic rings. The summed E-state index contributed by atoms with van der Waals surface area (Å²) in [6.07, 6.45) is 4.33. The van der Waals surface area contributed by atoms with E-state index in [9.17, 15) is 9.18 Å². The maximum atomic E-state index is 14.4. The van der Waals surface area contributed by atoms with E-state index >= 15 is 0 Å². The fourth-order valence-electron chi connectivity index (χ4n) is 3.34. The number of rotatable bonds is 6. The number of nitrogens with zero attached hydrogens (tertiary/aromatic N) is 3. The van der Waals surface area contributed by atoms with Gasteiger partial charge < -0.3 is 0 Å². The first-order valence-electron chi connectivity index (χ1n) is 9.15. The second kappa shape index (κ2) is 8.57. The van der Waals surface area contributed by atoms with Crippen LogP contribution in [0.4, 0.5) is 10.3 Å². The summed E-state index contributed by atoms with van der Waals surface area (Å²) in [5.41, 5.74) is 3.18. The Labute approximate surface area is 168 Å². The summed E-state index contributed by atoms with van der Waals surface area (Å²) >= 11 is 7.58. The van der Waals surface area contributed by atoms with Gasteiger partial charge in [0.2, 0.25) is 11.9 Å². The molecule has 1 aliphatic heterocycles. The molecule has 0 radical (unpaired) electrons. The summed E-state index contributed by atoms with van der Waals surface area (Å²) in [4.78, 5) is 23.2. The highest BCUT2D eigenvalue weighted by molar-refractivity contribution is 8.00. The number of hydrogen-bond donors (Lipinski definition) is 0. The van der Waals surface area contributed by atoms with Gasteiger partial charge in [0, 0.05) is 22.0 Å². The smallest absolute Gasteiger partial charge is 0.240 e. The lowest BCUT2D eigenvalue weighted by Gasteiger charge is -2.24. The van der Waals surface area contributed by atoms with Gasteiger partial charge in [0.25, 0.3) is 0 Å². The first-order chi connectivity index (χ1) is 12.9. The van der Waals surface area contributed by atoms with Crippen LogP contribution in [0.25, 0.3) is 0 Å². The lowest BCUT2D eigenvalue weighted by Crippen LogP contribution is -2.31. The van der Waals surface area contributed by atoms with Crippen molar-refractivity contribution in [2.45, 2.75) is 51.8 Å². The van der Waals surface area contributed by atoms with Gasteiger partial charge in [-0.25, -0.2) is 14.4 Å². The first-order valence-corrected chi connectivity index (χ1v) is 10.6. The highest BCUT2D eigenvalue weighted by Crippen LogP contribution is 2.44. The van der Waals surface area contributed by atoms with Crippen LogP contribution in [0.5, 0.6) is 0 Å². The molecule has 3 rings (SSSR count). The predicted octanol–water partition coefficient (Wildman–Crippen LogP) is 5.40. The van der Waals surface area contributed by atoms with Crippen LogP contribution < -0.4 is 4.90 Å². The summed E-state index contributed by atoms with van der Waals surface area (Å²) in [5.74, 6) is 0.00410. The van der Waals surface area contributed by atoms with Crippen LogP contribution in [0.3, 0.4) is 0 Å². The Morgan fingerprint density at radius 3 is 2.59 bits per heavy atom. The average molecular weight is 408 g/mol. The van der Waals surface area contributed by atoms with E-state index < -0.39 is 11.2 Å². The number of halogens is 2. The molecule has 0 saturated carbocycles. The number of amides is 1. The van der Waals surface area contributed by atoms with Gasteiger partial charge in [-0.1, -0.05) is 37.4 Å². The number of aryl methyl sites for hydroxylation is 2. The molecular formula is C20H23ClFN3OS. The third-order valence-electron chi connectivity index (χ3n) is 4.77. The van der Waals surface area contributed by atoms with Gasteiger partial charge in [0.05, 0.1) is 5.75 Å². The molecule has 1 saturated heterocycles. The van der Waals surface area contributed by atoms with Crippen LogP contribution >= 0.6 is 23.4 Å². The summed E-state index contributed by atoms with van der Waals surface area (Å²) < 4.78 is 14.4. The minimum absolute atomic E-state index is 0.137. The van der Waals surface area contributed by atoms with Gasteiger partial charge in [-0.15, -0.1) is 11.8 Å². The normalized spacial score (nSPS) is 17.0. The van der Waals surface area contributed by atoms with Crippen molar-refractivity contribution in [3.8, 4) is 0 Å². The molecule has 0 bridgehead atoms. The van der Waals surface area contributed by atoms with Crippen molar-refractivity contribution in [3.05, 3.63) is 51.6 Å². The molecule has 1 amide bonds. The molecule has 144 valence electrons. The van der Waals surface area contributed by atoms with E-state index in [1.807, 2.05) is 13.8 Å². The third kappa shape index (κ3) is 4.11. The second-order valence-electron chi connectivity index (χ2n) is 6.69. The quantitative estimate of drug-likeness (QED) is 0.601. The largest absolute Gasteiger partial charge is 0.273 e. The number of benzene rings is 1. The Balaban J connectivity index is 1.97. The van der Waals surface area contributed by atoms with E-state index in [2.05, 4.69) is 16.9 Å². The molecule has 1 fully saturated rings. The molecule has 1 aliphatic rings. The maximum absolute atomic E-state index is 14.4. The van der Waals surface area contributed by atoms with Crippen molar-refractivity contribution >= 4 is 35.2 Å². The average Bonchev–Trinajstić information content (AvgIpc) is 2.98. The molecule has 1 aromatic heterocycles. The van der Waals surface area contributed by atoms with Crippen molar-refractivity contribution in [2.24, 2.45) is 0 Å². The van der Waals surface area contributed by atoms with Crippen LogP contribution in [-0.4, -0.2) is 21.6 Å². The predicted molar refractivity (Wildman–Crippen MR) is 109 cm³/mol. The number of hydrogen-bond acceptors (Lipinski definition) is 4. The first kappa shape index (κ1) is 20.1. The zero-order chi connectivity index (χ0) is 19.6. The Morgan fingerprint density at radius 1 is 1.26 bits per heavy atom. The SMILES string of the molecule is CCCCCc1c(C)nc(N2C(=O)CSC2c2c(F)cccc2Cl)nc1C. The van der Waals surface area contributed by atoms with Gasteiger partial charge in [-0.3, -0.25) is 9.69 Å². The molecule has 27 heavy (non-hydrogen) atoms. The molecular weight excluding hydrogens is 385 g/mol. The van der Waals surface area contributed by atoms with Crippen molar-refractivity contribution < 1.29 is 9.18 Å². The topological polar surface area (TPSA) is 46.1 Å². The standard InChI is InChI=1S/C20H23ClFN3OS/c1-4-5-6-8-14-12(2)23-20(24-13(14)3)25-17(26)11-27-19(25)18-15(21)9-7-10-16(18)22/h7,9-10,19H,4-6,8,11H2,1-3H3. The van der Waals surface area contributed by atoms with Crippen molar-refractivity contribution in [2.75, 3.05) is 10.7 Å². The number of unbranched alkanes of at least 4 members (excludes halogenated alkanes) is 2. The Bertz CT molecular complexity index is 818. The van der Waals surface area contributed by atoms with E-state index in [-0.39, 0.29) is 11.7 Å². The third-order valence-corrected chi connectivity index (χ3v) is 6.27. The molecule has 1 atom stereocenters. The molecule has 4 nitrogen and oxygen atoms in total. The molecule has 0 aliphatic carbocycles. The number of anilines is 1. The molecule has 1 unspecified atom stereocenters. The van der Waals surface area contributed by atoms with E-state index in [1.54, 1.807) is 12.1 Å². The minimum Gasteiger partial charge on any atom is -0.273 e. The van der Waals surface area contributed by atoms with Crippen molar-refractivity contribution in [1.82, 2.24) is 9.97 Å². The molecule has 0 spiro atoms. The summed E-state index contributed by atoms with van der Waals surface area (Å²) in [5, 5.41) is -0.257. The van der Waals surface area contributed by atoms with Gasteiger partial charge >= 0.3 is 0 Å². The number of carbonyl (C=O) groups excluding carboxylic acids is 1. The molecule has 7 heteroatoms. The lowest BCUT2D eigenvalue weighted by molar-refractivity contribution is -0.115. The maximum Gasteiger partial charge on any atom is 0.240 e. The molecule has 1 aromatic carbocycles. The summed E-state index contributed by atoms with van der Waals surface area (Å²) in [6, 6.07) is 4.55. The van der Waals surface area contributed by atoms with Gasteiger partial charge in [0.15, 0.2) is 0 Å². The molecule has 2 heterocycles.